The van der Waals surface area contributed by atoms with Crippen molar-refractivity contribution < 1.29 is 25.8 Å². The van der Waals surface area contributed by atoms with Crippen LogP contribution in [0.2, 0.25) is 0 Å². The quantitative estimate of drug-likeness (QED) is 0.162. The second-order valence-electron chi connectivity index (χ2n) is 13.8. The summed E-state index contributed by atoms with van der Waals surface area (Å²) >= 11 is 0. The van der Waals surface area contributed by atoms with Gasteiger partial charge in [-0.3, -0.25) is 0 Å². The van der Waals surface area contributed by atoms with E-state index in [9.17, 15) is 0 Å². The standard InChI is InChI=1S/C44H36N6O.Pt/c1-25-16-28(4)43-38(20-25)39-21-26(2)17-29(5)44(39)48(43)32-14-15-45-42(23-32)49-40-11-9-8-10-36(40)37-13-12-34(24-41(37)49)51-35-19-27(3)18-33(22-35)50-31(7)30(6)46-47-50;/h8-21,23H,1-7H3;/q-2;+2. The Kier molecular flexibility index (Phi) is 8.15. The van der Waals surface area contributed by atoms with Gasteiger partial charge in [0.25, 0.3) is 0 Å². The molecule has 0 radical (unpaired) electrons. The molecule has 4 aromatic heterocycles. The zero-order chi connectivity index (χ0) is 35.1. The van der Waals surface area contributed by atoms with Gasteiger partial charge in [-0.2, -0.15) is 11.6 Å². The van der Waals surface area contributed by atoms with E-state index >= 15 is 0 Å². The number of hydrogen-bond acceptors (Lipinski definition) is 4. The summed E-state index contributed by atoms with van der Waals surface area (Å²) < 4.78 is 12.9. The summed E-state index contributed by atoms with van der Waals surface area (Å²) in [7, 11) is 0. The maximum atomic E-state index is 6.48. The summed E-state index contributed by atoms with van der Waals surface area (Å²) in [6.45, 7) is 14.8. The van der Waals surface area contributed by atoms with Crippen molar-refractivity contribution in [3.8, 4) is 28.7 Å². The average molecular weight is 860 g/mol. The van der Waals surface area contributed by atoms with Crippen LogP contribution < -0.4 is 4.74 Å². The van der Waals surface area contributed by atoms with Crippen LogP contribution in [0.5, 0.6) is 11.5 Å². The first-order valence-electron chi connectivity index (χ1n) is 17.2. The van der Waals surface area contributed by atoms with Gasteiger partial charge in [-0.25, -0.2) is 9.67 Å². The summed E-state index contributed by atoms with van der Waals surface area (Å²) in [4.78, 5) is 4.97. The third kappa shape index (κ3) is 5.34. The summed E-state index contributed by atoms with van der Waals surface area (Å²) in [5, 5.41) is 13.3. The zero-order valence-corrected chi connectivity index (χ0v) is 32.3. The number of nitrogens with zero attached hydrogens (tertiary/aromatic N) is 6. The maximum Gasteiger partial charge on any atom is 2.00 e. The molecule has 258 valence electrons. The molecule has 4 heterocycles. The fraction of sp³-hybridized carbons (Fsp3) is 0.159. The van der Waals surface area contributed by atoms with Crippen molar-refractivity contribution in [2.45, 2.75) is 48.5 Å². The van der Waals surface area contributed by atoms with Gasteiger partial charge in [0.1, 0.15) is 5.82 Å². The monoisotopic (exact) mass is 859 g/mol. The van der Waals surface area contributed by atoms with E-state index in [2.05, 4.69) is 126 Å². The van der Waals surface area contributed by atoms with Gasteiger partial charge in [0, 0.05) is 40.1 Å². The molecule has 0 saturated carbocycles. The molecule has 9 aromatic rings. The summed E-state index contributed by atoms with van der Waals surface area (Å²) in [6, 6.07) is 37.0. The second-order valence-corrected chi connectivity index (χ2v) is 13.8. The number of fused-ring (bicyclic) bond motifs is 6. The van der Waals surface area contributed by atoms with E-state index in [-0.39, 0.29) is 21.1 Å². The van der Waals surface area contributed by atoms with E-state index in [0.717, 1.165) is 55.9 Å². The fourth-order valence-electron chi connectivity index (χ4n) is 7.72. The Morgan fingerprint density at radius 3 is 2.00 bits per heavy atom. The van der Waals surface area contributed by atoms with E-state index in [1.54, 1.807) is 4.68 Å². The Hall–Kier alpha value is -5.52. The van der Waals surface area contributed by atoms with Crippen molar-refractivity contribution in [1.82, 2.24) is 29.1 Å². The van der Waals surface area contributed by atoms with Crippen molar-refractivity contribution in [3.05, 3.63) is 142 Å². The van der Waals surface area contributed by atoms with E-state index in [1.165, 1.54) is 44.1 Å². The first kappa shape index (κ1) is 33.6. The fourth-order valence-corrected chi connectivity index (χ4v) is 7.72. The van der Waals surface area contributed by atoms with Crippen LogP contribution in [0.3, 0.4) is 0 Å². The van der Waals surface area contributed by atoms with Crippen molar-refractivity contribution >= 4 is 43.6 Å². The van der Waals surface area contributed by atoms with Crippen molar-refractivity contribution in [2.24, 2.45) is 0 Å². The first-order chi connectivity index (χ1) is 24.6. The number of rotatable bonds is 5. The SMILES string of the molecule is Cc1cc(Oc2[c-]c3c(cc2)c2ccccc2n3-c2cc(-n3c4c(C)cc(C)cc4c4cc(C)cc(C)c43)ccn2)[c-]c(-n2nnc(C)c2C)c1.[Pt+2]. The molecule has 7 nitrogen and oxygen atoms in total. The van der Waals surface area contributed by atoms with Gasteiger partial charge >= 0.3 is 21.1 Å². The Bertz CT molecular complexity index is 2810. The second kappa shape index (κ2) is 12.6. The average Bonchev–Trinajstić information content (AvgIpc) is 3.73. The van der Waals surface area contributed by atoms with Crippen molar-refractivity contribution in [3.63, 3.8) is 0 Å². The van der Waals surface area contributed by atoms with Gasteiger partial charge in [0.2, 0.25) is 0 Å². The molecule has 52 heavy (non-hydrogen) atoms. The van der Waals surface area contributed by atoms with Crippen LogP contribution in [0.4, 0.5) is 0 Å². The molecule has 0 aliphatic carbocycles. The third-order valence-electron chi connectivity index (χ3n) is 9.95. The van der Waals surface area contributed by atoms with Gasteiger partial charge in [0.05, 0.1) is 28.1 Å². The van der Waals surface area contributed by atoms with Crippen LogP contribution in [0.15, 0.2) is 91.1 Å². The van der Waals surface area contributed by atoms with Crippen LogP contribution in [0.25, 0.3) is 60.8 Å². The molecular weight excluding hydrogens is 824 g/mol. The van der Waals surface area contributed by atoms with Gasteiger partial charge in [-0.05, 0) is 88.0 Å². The summed E-state index contributed by atoms with van der Waals surface area (Å²) in [5.74, 6) is 1.97. The van der Waals surface area contributed by atoms with Gasteiger partial charge in [-0.1, -0.05) is 59.1 Å². The van der Waals surface area contributed by atoms with E-state index in [0.29, 0.717) is 11.5 Å². The zero-order valence-electron chi connectivity index (χ0n) is 30.1. The number of pyridine rings is 1. The van der Waals surface area contributed by atoms with Crippen molar-refractivity contribution in [1.29, 1.82) is 0 Å². The molecule has 0 fully saturated rings. The van der Waals surface area contributed by atoms with Crippen LogP contribution >= 0.6 is 0 Å². The van der Waals surface area contributed by atoms with Crippen molar-refractivity contribution in [2.75, 3.05) is 0 Å². The predicted octanol–water partition coefficient (Wildman–Crippen LogP) is 10.4. The molecule has 0 spiro atoms. The van der Waals surface area contributed by atoms with Gasteiger partial charge < -0.3 is 13.9 Å². The first-order valence-corrected chi connectivity index (χ1v) is 17.2. The minimum atomic E-state index is 0. The topological polar surface area (TPSA) is 62.7 Å². The van der Waals surface area contributed by atoms with Crippen LogP contribution in [-0.4, -0.2) is 29.1 Å². The molecule has 0 atom stereocenters. The smallest absolute Gasteiger partial charge is 0.509 e. The normalized spacial score (nSPS) is 11.6. The molecule has 0 saturated heterocycles. The van der Waals surface area contributed by atoms with E-state index in [4.69, 9.17) is 9.72 Å². The minimum Gasteiger partial charge on any atom is -0.509 e. The van der Waals surface area contributed by atoms with Crippen LogP contribution in [0, 0.1) is 60.6 Å². The van der Waals surface area contributed by atoms with Crippen LogP contribution in [-0.2, 0) is 21.1 Å². The number of benzene rings is 5. The molecule has 5 aromatic carbocycles. The predicted molar refractivity (Wildman–Crippen MR) is 205 cm³/mol. The maximum absolute atomic E-state index is 6.48. The molecule has 9 rings (SSSR count). The number of hydrogen-bond donors (Lipinski definition) is 0. The van der Waals surface area contributed by atoms with Gasteiger partial charge in [-0.15, -0.1) is 40.8 Å². The number of ether oxygens (including phenoxy) is 1. The number of para-hydroxylation sites is 1. The molecule has 0 amide bonds. The Morgan fingerprint density at radius 1 is 0.615 bits per heavy atom. The largest absolute Gasteiger partial charge is 2.00 e. The number of aromatic nitrogens is 6. The Morgan fingerprint density at radius 2 is 1.31 bits per heavy atom. The van der Waals surface area contributed by atoms with E-state index in [1.807, 2.05) is 45.2 Å². The number of aryl methyl sites for hydroxylation is 6. The third-order valence-corrected chi connectivity index (χ3v) is 9.95. The Balaban J connectivity index is 0.00000387. The minimum absolute atomic E-state index is 0. The molecule has 0 bridgehead atoms. The van der Waals surface area contributed by atoms with Crippen LogP contribution in [0.1, 0.15) is 39.2 Å². The molecule has 0 aliphatic heterocycles. The van der Waals surface area contributed by atoms with E-state index < -0.39 is 0 Å². The van der Waals surface area contributed by atoms with Gasteiger partial charge in [0.15, 0.2) is 0 Å². The summed E-state index contributed by atoms with van der Waals surface area (Å²) in [5.41, 5.74) is 14.1. The summed E-state index contributed by atoms with van der Waals surface area (Å²) in [6.07, 6.45) is 1.91. The molecule has 0 aliphatic rings. The molecule has 8 heteroatoms. The molecule has 0 N–H and O–H groups in total. The molecule has 0 unspecified atom stereocenters. The molecular formula is C44H36N6OPt. The Labute approximate surface area is 316 Å².